The van der Waals surface area contributed by atoms with Crippen molar-refractivity contribution < 1.29 is 9.32 Å². The average molecular weight is 366 g/mol. The summed E-state index contributed by atoms with van der Waals surface area (Å²) in [6.45, 7) is 4.81. The normalized spacial score (nSPS) is 11.2. The molecular formula is C19H18N4O2S. The highest BCUT2D eigenvalue weighted by atomic mass is 32.1. The van der Waals surface area contributed by atoms with Crippen molar-refractivity contribution in [2.24, 2.45) is 0 Å². The molecule has 1 aromatic carbocycles. The summed E-state index contributed by atoms with van der Waals surface area (Å²) in [5.74, 6) is 1.77. The van der Waals surface area contributed by atoms with Crippen molar-refractivity contribution in [3.05, 3.63) is 53.1 Å². The van der Waals surface area contributed by atoms with E-state index in [0.717, 1.165) is 34.7 Å². The van der Waals surface area contributed by atoms with E-state index in [9.17, 15) is 4.79 Å². The molecule has 0 bridgehead atoms. The van der Waals surface area contributed by atoms with Gasteiger partial charge in [0.1, 0.15) is 5.76 Å². The first-order valence-corrected chi connectivity index (χ1v) is 9.27. The molecule has 4 aromatic rings. The summed E-state index contributed by atoms with van der Waals surface area (Å²) in [6, 6.07) is 13.6. The third-order valence-corrected chi connectivity index (χ3v) is 5.10. The number of carbonyl (C=O) groups is 1. The number of imidazole rings is 1. The number of rotatable bonds is 5. The van der Waals surface area contributed by atoms with Crippen LogP contribution < -0.4 is 5.32 Å². The lowest BCUT2D eigenvalue weighted by Gasteiger charge is -2.05. The minimum Gasteiger partial charge on any atom is -0.360 e. The maximum Gasteiger partial charge on any atom is 0.266 e. The zero-order chi connectivity index (χ0) is 18.1. The zero-order valence-electron chi connectivity index (χ0n) is 14.5. The average Bonchev–Trinajstić information content (AvgIpc) is 3.34. The van der Waals surface area contributed by atoms with E-state index in [4.69, 9.17) is 9.51 Å². The summed E-state index contributed by atoms with van der Waals surface area (Å²) in [6.07, 6.45) is 1.01. The van der Waals surface area contributed by atoms with Gasteiger partial charge < -0.3 is 14.4 Å². The zero-order valence-corrected chi connectivity index (χ0v) is 15.3. The number of fused-ring (bicyclic) bond motifs is 1. The Morgan fingerprint density at radius 3 is 2.88 bits per heavy atom. The van der Waals surface area contributed by atoms with Crippen molar-refractivity contribution in [2.75, 3.05) is 5.32 Å². The van der Waals surface area contributed by atoms with Crippen LogP contribution in [-0.2, 0) is 6.54 Å². The second kappa shape index (κ2) is 6.76. The van der Waals surface area contributed by atoms with Gasteiger partial charge in [0.2, 0.25) is 0 Å². The van der Waals surface area contributed by atoms with Gasteiger partial charge in [-0.1, -0.05) is 24.2 Å². The smallest absolute Gasteiger partial charge is 0.266 e. The highest BCUT2D eigenvalue weighted by Gasteiger charge is 2.17. The molecule has 0 atom stereocenters. The number of aromatic nitrogens is 3. The summed E-state index contributed by atoms with van der Waals surface area (Å²) in [7, 11) is 0. The van der Waals surface area contributed by atoms with Crippen LogP contribution in [0, 0.1) is 6.92 Å². The van der Waals surface area contributed by atoms with Crippen molar-refractivity contribution in [2.45, 2.75) is 26.8 Å². The number of amides is 1. The number of hydrogen-bond donors (Lipinski definition) is 1. The van der Waals surface area contributed by atoms with Gasteiger partial charge in [-0.3, -0.25) is 4.79 Å². The van der Waals surface area contributed by atoms with Crippen molar-refractivity contribution in [1.82, 2.24) is 14.7 Å². The molecule has 4 rings (SSSR count). The van der Waals surface area contributed by atoms with E-state index in [1.165, 1.54) is 11.3 Å². The molecule has 0 aliphatic carbocycles. The fourth-order valence-electron chi connectivity index (χ4n) is 2.90. The number of nitrogens with zero attached hydrogens (tertiary/aromatic N) is 3. The second-order valence-electron chi connectivity index (χ2n) is 6.02. The Labute approximate surface area is 154 Å². The molecule has 132 valence electrons. The first-order valence-electron chi connectivity index (χ1n) is 8.46. The largest absolute Gasteiger partial charge is 0.360 e. The van der Waals surface area contributed by atoms with Crippen LogP contribution in [0.5, 0.6) is 0 Å². The Bertz CT molecular complexity index is 1080. The Morgan fingerprint density at radius 1 is 1.27 bits per heavy atom. The highest BCUT2D eigenvalue weighted by Crippen LogP contribution is 2.31. The molecule has 3 aromatic heterocycles. The van der Waals surface area contributed by atoms with Gasteiger partial charge in [-0.15, -0.1) is 11.3 Å². The third-order valence-electron chi connectivity index (χ3n) is 4.02. The number of hydrogen-bond acceptors (Lipinski definition) is 5. The summed E-state index contributed by atoms with van der Waals surface area (Å²) >= 11 is 1.42. The molecule has 7 heteroatoms. The number of para-hydroxylation sites is 2. The number of carbonyl (C=O) groups excluding carboxylic acids is 1. The summed E-state index contributed by atoms with van der Waals surface area (Å²) < 4.78 is 7.19. The minimum atomic E-state index is -0.201. The van der Waals surface area contributed by atoms with Crippen LogP contribution in [0.15, 0.2) is 47.0 Å². The second-order valence-corrected chi connectivity index (χ2v) is 7.10. The molecule has 0 saturated heterocycles. The molecule has 3 heterocycles. The molecular weight excluding hydrogens is 348 g/mol. The standard InChI is InChI=1S/C19H18N4O2S/c1-3-10-23-14-7-5-4-6-13(14)20-18(23)15-8-9-16(26-15)19(24)21-17-11-12(2)25-22-17/h4-9,11H,3,10H2,1-2H3,(H,21,22,24). The van der Waals surface area contributed by atoms with E-state index in [2.05, 4.69) is 28.0 Å². The summed E-state index contributed by atoms with van der Waals surface area (Å²) in [4.78, 5) is 18.8. The van der Waals surface area contributed by atoms with Crippen LogP contribution in [0.1, 0.15) is 28.8 Å². The maximum absolute atomic E-state index is 12.4. The Kier molecular flexibility index (Phi) is 4.30. The van der Waals surface area contributed by atoms with Gasteiger partial charge >= 0.3 is 0 Å². The van der Waals surface area contributed by atoms with Crippen LogP contribution in [0.25, 0.3) is 21.7 Å². The van der Waals surface area contributed by atoms with Crippen molar-refractivity contribution >= 4 is 34.1 Å². The number of anilines is 1. The number of thiophene rings is 1. The van der Waals surface area contributed by atoms with Crippen LogP contribution in [0.4, 0.5) is 5.82 Å². The molecule has 26 heavy (non-hydrogen) atoms. The van der Waals surface area contributed by atoms with E-state index in [0.29, 0.717) is 16.5 Å². The summed E-state index contributed by atoms with van der Waals surface area (Å²) in [5, 5.41) is 6.54. The Balaban J connectivity index is 1.66. The van der Waals surface area contributed by atoms with Crippen molar-refractivity contribution in [3.8, 4) is 10.7 Å². The Hall–Kier alpha value is -2.93. The van der Waals surface area contributed by atoms with Gasteiger partial charge in [0.25, 0.3) is 5.91 Å². The SMILES string of the molecule is CCCn1c(-c2ccc(C(=O)Nc3cc(C)on3)s2)nc2ccccc21. The molecule has 0 radical (unpaired) electrons. The number of aryl methyl sites for hydroxylation is 2. The monoisotopic (exact) mass is 366 g/mol. The molecule has 0 unspecified atom stereocenters. The van der Waals surface area contributed by atoms with Crippen LogP contribution in [-0.4, -0.2) is 20.6 Å². The topological polar surface area (TPSA) is 73.0 Å². The number of benzene rings is 1. The first kappa shape index (κ1) is 16.5. The van der Waals surface area contributed by atoms with Crippen LogP contribution >= 0.6 is 11.3 Å². The fourth-order valence-corrected chi connectivity index (χ4v) is 3.80. The first-order chi connectivity index (χ1) is 12.7. The van der Waals surface area contributed by atoms with E-state index < -0.39 is 0 Å². The third kappa shape index (κ3) is 3.01. The van der Waals surface area contributed by atoms with Gasteiger partial charge in [-0.25, -0.2) is 4.98 Å². The van der Waals surface area contributed by atoms with Gasteiger partial charge in [-0.2, -0.15) is 0 Å². The molecule has 1 amide bonds. The molecule has 1 N–H and O–H groups in total. The van der Waals surface area contributed by atoms with Crippen molar-refractivity contribution in [1.29, 1.82) is 0 Å². The van der Waals surface area contributed by atoms with E-state index in [-0.39, 0.29) is 5.91 Å². The van der Waals surface area contributed by atoms with E-state index in [1.807, 2.05) is 30.3 Å². The Morgan fingerprint density at radius 2 is 2.12 bits per heavy atom. The van der Waals surface area contributed by atoms with E-state index in [1.54, 1.807) is 13.0 Å². The predicted octanol–water partition coefficient (Wildman–Crippen LogP) is 4.72. The molecule has 0 saturated carbocycles. The minimum absolute atomic E-state index is 0.201. The molecule has 6 nitrogen and oxygen atoms in total. The molecule has 0 fully saturated rings. The summed E-state index contributed by atoms with van der Waals surface area (Å²) in [5.41, 5.74) is 2.08. The lowest BCUT2D eigenvalue weighted by molar-refractivity contribution is 0.102. The van der Waals surface area contributed by atoms with Crippen LogP contribution in [0.3, 0.4) is 0 Å². The quantitative estimate of drug-likeness (QED) is 0.554. The van der Waals surface area contributed by atoms with Gasteiger partial charge in [0, 0.05) is 12.6 Å². The molecule has 0 aliphatic rings. The van der Waals surface area contributed by atoms with Crippen molar-refractivity contribution in [3.63, 3.8) is 0 Å². The maximum atomic E-state index is 12.4. The van der Waals surface area contributed by atoms with Crippen LogP contribution in [0.2, 0.25) is 0 Å². The lowest BCUT2D eigenvalue weighted by atomic mass is 10.3. The van der Waals surface area contributed by atoms with Gasteiger partial charge in [0.05, 0.1) is 20.8 Å². The van der Waals surface area contributed by atoms with Gasteiger partial charge in [0.15, 0.2) is 11.6 Å². The number of nitrogens with one attached hydrogen (secondary N) is 1. The highest BCUT2D eigenvalue weighted by molar-refractivity contribution is 7.17. The predicted molar refractivity (Wildman–Crippen MR) is 103 cm³/mol. The molecule has 0 spiro atoms. The van der Waals surface area contributed by atoms with E-state index >= 15 is 0 Å². The van der Waals surface area contributed by atoms with Gasteiger partial charge in [-0.05, 0) is 37.6 Å². The lowest BCUT2D eigenvalue weighted by Crippen LogP contribution is -2.10. The molecule has 0 aliphatic heterocycles. The fraction of sp³-hybridized carbons (Fsp3) is 0.211.